The van der Waals surface area contributed by atoms with Gasteiger partial charge in [0, 0.05) is 0 Å². The van der Waals surface area contributed by atoms with Crippen LogP contribution in [0.4, 0.5) is 0 Å². The van der Waals surface area contributed by atoms with Crippen molar-refractivity contribution in [3.05, 3.63) is 231 Å². The first-order valence-electron chi connectivity index (χ1n) is 21.5. The second-order valence-electron chi connectivity index (χ2n) is 16.9. The lowest BCUT2D eigenvalue weighted by Gasteiger charge is -2.12. The van der Waals surface area contributed by atoms with Crippen LogP contribution in [0.25, 0.3) is 131 Å². The van der Waals surface area contributed by atoms with Gasteiger partial charge in [-0.2, -0.15) is 0 Å². The number of rotatable bonds is 4. The monoisotopic (exact) mass is 782 g/mol. The van der Waals surface area contributed by atoms with Crippen molar-refractivity contribution in [2.45, 2.75) is 0 Å². The fourth-order valence-electron chi connectivity index (χ4n) is 10.1. The summed E-state index contributed by atoms with van der Waals surface area (Å²) in [5, 5.41) is 20.3. The van der Waals surface area contributed by atoms with E-state index in [9.17, 15) is 0 Å². The minimum absolute atomic E-state index is 1.23. The van der Waals surface area contributed by atoms with E-state index in [0.717, 1.165) is 0 Å². The first-order valence-corrected chi connectivity index (χ1v) is 21.5. The summed E-state index contributed by atoms with van der Waals surface area (Å²) in [6.45, 7) is 0. The van der Waals surface area contributed by atoms with Gasteiger partial charge in [0.1, 0.15) is 0 Å². The molecule has 0 aliphatic rings. The molecule has 0 saturated heterocycles. The molecule has 0 spiro atoms. The molecule has 0 radical (unpaired) electrons. The summed E-state index contributed by atoms with van der Waals surface area (Å²) in [4.78, 5) is 0. The third-order valence-corrected chi connectivity index (χ3v) is 13.4. The first kappa shape index (κ1) is 34.8. The quantitative estimate of drug-likeness (QED) is 0.156. The average molecular weight is 783 g/mol. The third-order valence-electron chi connectivity index (χ3n) is 13.4. The van der Waals surface area contributed by atoms with Crippen molar-refractivity contribution in [3.63, 3.8) is 0 Å². The molecule has 0 heterocycles. The fourth-order valence-corrected chi connectivity index (χ4v) is 10.1. The van der Waals surface area contributed by atoms with E-state index in [0.29, 0.717) is 0 Å². The summed E-state index contributed by atoms with van der Waals surface area (Å²) in [6, 6.07) is 85.7. The van der Waals surface area contributed by atoms with Crippen molar-refractivity contribution < 1.29 is 0 Å². The van der Waals surface area contributed by atoms with Gasteiger partial charge in [0.2, 0.25) is 0 Å². The smallest absolute Gasteiger partial charge is 0.0105 e. The molecule has 13 aromatic rings. The zero-order chi connectivity index (χ0) is 40.7. The molecule has 13 aromatic carbocycles. The Balaban J connectivity index is 0.793. The Morgan fingerprint density at radius 2 is 0.435 bits per heavy atom. The van der Waals surface area contributed by atoms with Gasteiger partial charge in [-0.3, -0.25) is 0 Å². The zero-order valence-corrected chi connectivity index (χ0v) is 33.9. The van der Waals surface area contributed by atoms with Gasteiger partial charge < -0.3 is 0 Å². The number of hydrogen-bond acceptors (Lipinski definition) is 0. The van der Waals surface area contributed by atoms with Gasteiger partial charge in [-0.1, -0.05) is 188 Å². The normalized spacial score (nSPS) is 11.9. The van der Waals surface area contributed by atoms with Crippen LogP contribution < -0.4 is 0 Å². The lowest BCUT2D eigenvalue weighted by Crippen LogP contribution is -1.86. The van der Waals surface area contributed by atoms with Gasteiger partial charge in [-0.25, -0.2) is 0 Å². The summed E-state index contributed by atoms with van der Waals surface area (Å²) in [6.07, 6.45) is 0. The van der Waals surface area contributed by atoms with E-state index in [1.807, 2.05) is 0 Å². The highest BCUT2D eigenvalue weighted by molar-refractivity contribution is 6.13. The molecule has 0 amide bonds. The Labute approximate surface area is 359 Å². The van der Waals surface area contributed by atoms with E-state index < -0.39 is 0 Å². The molecule has 0 heteroatoms. The molecular formula is C62H38. The summed E-state index contributed by atoms with van der Waals surface area (Å²) in [7, 11) is 0. The van der Waals surface area contributed by atoms with Crippen LogP contribution in [0.15, 0.2) is 231 Å². The number of hydrogen-bond donors (Lipinski definition) is 0. The maximum atomic E-state index is 2.35. The summed E-state index contributed by atoms with van der Waals surface area (Å²) >= 11 is 0. The molecule has 0 unspecified atom stereocenters. The molecule has 13 rings (SSSR count). The highest BCUT2D eigenvalue weighted by atomic mass is 14.2. The maximum absolute atomic E-state index is 2.35. The molecule has 286 valence electrons. The second-order valence-corrected chi connectivity index (χ2v) is 16.9. The van der Waals surface area contributed by atoms with E-state index >= 15 is 0 Å². The molecule has 62 heavy (non-hydrogen) atoms. The summed E-state index contributed by atoms with van der Waals surface area (Å²) < 4.78 is 0. The number of fused-ring (bicyclic) bond motifs is 11. The first-order chi connectivity index (χ1) is 30.7. The molecule has 0 saturated carbocycles. The van der Waals surface area contributed by atoms with Crippen LogP contribution in [-0.4, -0.2) is 0 Å². The van der Waals surface area contributed by atoms with E-state index in [4.69, 9.17) is 0 Å². The van der Waals surface area contributed by atoms with E-state index in [1.54, 1.807) is 0 Å². The van der Waals surface area contributed by atoms with Crippen LogP contribution in [0.2, 0.25) is 0 Å². The molecule has 0 atom stereocenters. The van der Waals surface area contributed by atoms with Crippen LogP contribution in [0, 0.1) is 0 Å². The van der Waals surface area contributed by atoms with Crippen molar-refractivity contribution >= 4 is 86.2 Å². The van der Waals surface area contributed by atoms with Crippen LogP contribution in [0.1, 0.15) is 0 Å². The summed E-state index contributed by atoms with van der Waals surface area (Å²) in [5.74, 6) is 0. The van der Waals surface area contributed by atoms with Crippen LogP contribution in [-0.2, 0) is 0 Å². The van der Waals surface area contributed by atoms with Crippen molar-refractivity contribution in [1.29, 1.82) is 0 Å². The topological polar surface area (TPSA) is 0 Å². The summed E-state index contributed by atoms with van der Waals surface area (Å²) in [5.41, 5.74) is 9.94. The van der Waals surface area contributed by atoms with Gasteiger partial charge in [-0.05, 0) is 173 Å². The van der Waals surface area contributed by atoms with E-state index in [-0.39, 0.29) is 0 Å². The lowest BCUT2D eigenvalue weighted by atomic mass is 9.92. The van der Waals surface area contributed by atoms with Crippen molar-refractivity contribution in [3.8, 4) is 44.5 Å². The highest BCUT2D eigenvalue weighted by Crippen LogP contribution is 2.38. The van der Waals surface area contributed by atoms with Crippen LogP contribution in [0.3, 0.4) is 0 Å². The molecule has 0 nitrogen and oxygen atoms in total. The van der Waals surface area contributed by atoms with Crippen LogP contribution in [0.5, 0.6) is 0 Å². The predicted octanol–water partition coefficient (Wildman–Crippen LogP) is 17.6. The highest BCUT2D eigenvalue weighted by Gasteiger charge is 2.11. The predicted molar refractivity (Wildman–Crippen MR) is 268 cm³/mol. The van der Waals surface area contributed by atoms with Gasteiger partial charge in [0.15, 0.2) is 0 Å². The molecule has 0 aliphatic heterocycles. The van der Waals surface area contributed by atoms with Gasteiger partial charge in [-0.15, -0.1) is 0 Å². The Kier molecular flexibility index (Phi) is 7.71. The second kappa shape index (κ2) is 13.7. The van der Waals surface area contributed by atoms with Crippen molar-refractivity contribution in [1.82, 2.24) is 0 Å². The molecule has 0 bridgehead atoms. The Morgan fingerprint density at radius 3 is 0.871 bits per heavy atom. The van der Waals surface area contributed by atoms with E-state index in [1.165, 1.54) is 131 Å². The fraction of sp³-hybridized carbons (Fsp3) is 0. The molecule has 0 N–H and O–H groups in total. The Morgan fingerprint density at radius 1 is 0.145 bits per heavy atom. The zero-order valence-electron chi connectivity index (χ0n) is 33.9. The maximum Gasteiger partial charge on any atom is -0.0105 e. The lowest BCUT2D eigenvalue weighted by molar-refractivity contribution is 1.67. The standard InChI is InChI=1S/C62H38/c1-2-8-41-32-42(13-12-39(41)6-1)43-20-26-57-48(33-43)14-15-49-34-44(21-27-58(49)57)45-22-28-59-50(35-45)16-17-51-36-46(23-29-60(51)59)47-24-30-61-52(37-47)18-19-53-38-54(25-31-62(53)61)56-11-5-9-40-7-3-4-10-55(40)56/h1-38H. The Bertz CT molecular complexity index is 3980. The van der Waals surface area contributed by atoms with Gasteiger partial charge in [0.25, 0.3) is 0 Å². The third kappa shape index (κ3) is 5.69. The van der Waals surface area contributed by atoms with Gasteiger partial charge >= 0.3 is 0 Å². The van der Waals surface area contributed by atoms with Crippen molar-refractivity contribution in [2.75, 3.05) is 0 Å². The molecular weight excluding hydrogens is 745 g/mol. The van der Waals surface area contributed by atoms with E-state index in [2.05, 4.69) is 231 Å². The molecule has 0 aromatic heterocycles. The largest absolute Gasteiger partial charge is 0.0616 e. The van der Waals surface area contributed by atoms with Crippen molar-refractivity contribution in [2.24, 2.45) is 0 Å². The molecule has 0 aliphatic carbocycles. The van der Waals surface area contributed by atoms with Crippen LogP contribution >= 0.6 is 0 Å². The Hall–Kier alpha value is -8.06. The number of benzene rings is 13. The SMILES string of the molecule is c1ccc2cc(-c3ccc4c(ccc5cc(-c6ccc7c(ccc8cc(-c9ccc%10c(ccc%11cc(-c%12cccc%13ccccc%12%13)ccc%11%10)c9)ccc87)c6)ccc54)c3)ccc2c1. The minimum Gasteiger partial charge on any atom is -0.0616 e. The minimum atomic E-state index is 1.23. The molecule has 0 fully saturated rings. The van der Waals surface area contributed by atoms with Gasteiger partial charge in [0.05, 0.1) is 0 Å². The average Bonchev–Trinajstić information content (AvgIpc) is 3.34.